The van der Waals surface area contributed by atoms with Gasteiger partial charge in [-0.1, -0.05) is 13.8 Å². The zero-order valence-electron chi connectivity index (χ0n) is 13.2. The largest absolute Gasteiger partial charge is 0.468 e. The molecule has 0 aromatic rings. The Balaban J connectivity index is 2.68. The van der Waals surface area contributed by atoms with Crippen molar-refractivity contribution < 1.29 is 9.53 Å². The highest BCUT2D eigenvalue weighted by Crippen LogP contribution is 2.24. The molecule has 1 heterocycles. The first-order valence-corrected chi connectivity index (χ1v) is 7.50. The number of hydrogen-bond donors (Lipinski definition) is 1. The summed E-state index contributed by atoms with van der Waals surface area (Å²) in [6.07, 6.45) is 3.44. The van der Waals surface area contributed by atoms with Gasteiger partial charge in [0.2, 0.25) is 0 Å². The Morgan fingerprint density at radius 1 is 1.47 bits per heavy atom. The summed E-state index contributed by atoms with van der Waals surface area (Å²) in [6, 6.07) is 0.538. The van der Waals surface area contributed by atoms with Crippen LogP contribution in [0.2, 0.25) is 0 Å². The molecule has 3 atom stereocenters. The summed E-state index contributed by atoms with van der Waals surface area (Å²) in [5.41, 5.74) is -0.598. The molecule has 1 rings (SSSR count). The van der Waals surface area contributed by atoms with Gasteiger partial charge in [-0.3, -0.25) is 9.69 Å². The highest BCUT2D eigenvalue weighted by Gasteiger charge is 2.37. The van der Waals surface area contributed by atoms with E-state index in [1.165, 1.54) is 20.0 Å². The third-order valence-corrected chi connectivity index (χ3v) is 4.20. The fraction of sp³-hybridized carbons (Fsp3) is 0.933. The van der Waals surface area contributed by atoms with Crippen LogP contribution in [0.4, 0.5) is 0 Å². The van der Waals surface area contributed by atoms with E-state index in [2.05, 4.69) is 31.0 Å². The van der Waals surface area contributed by atoms with Crippen LogP contribution in [0.15, 0.2) is 0 Å². The zero-order valence-corrected chi connectivity index (χ0v) is 13.2. The number of nitrogens with zero attached hydrogens (tertiary/aromatic N) is 1. The monoisotopic (exact) mass is 270 g/mol. The first-order valence-electron chi connectivity index (χ1n) is 7.50. The van der Waals surface area contributed by atoms with Crippen molar-refractivity contribution in [3.05, 3.63) is 0 Å². The fourth-order valence-corrected chi connectivity index (χ4v) is 2.92. The topological polar surface area (TPSA) is 41.6 Å². The van der Waals surface area contributed by atoms with Gasteiger partial charge < -0.3 is 10.1 Å². The molecule has 4 nitrogen and oxygen atoms in total. The van der Waals surface area contributed by atoms with E-state index in [9.17, 15) is 4.79 Å². The number of piperidine rings is 1. The van der Waals surface area contributed by atoms with Gasteiger partial charge in [-0.25, -0.2) is 0 Å². The molecule has 3 unspecified atom stereocenters. The van der Waals surface area contributed by atoms with Crippen molar-refractivity contribution in [3.63, 3.8) is 0 Å². The molecule has 19 heavy (non-hydrogen) atoms. The van der Waals surface area contributed by atoms with E-state index in [0.29, 0.717) is 6.04 Å². The Kier molecular flexibility index (Phi) is 6.27. The number of likely N-dealkylation sites (tertiary alicyclic amines) is 1. The summed E-state index contributed by atoms with van der Waals surface area (Å²) in [4.78, 5) is 14.5. The van der Waals surface area contributed by atoms with E-state index in [-0.39, 0.29) is 5.97 Å². The lowest BCUT2D eigenvalue weighted by molar-refractivity contribution is -0.149. The van der Waals surface area contributed by atoms with Gasteiger partial charge in [0.25, 0.3) is 0 Å². The lowest BCUT2D eigenvalue weighted by atomic mass is 9.91. The number of carbonyl (C=O) groups excluding carboxylic acids is 1. The van der Waals surface area contributed by atoms with Gasteiger partial charge in [-0.2, -0.15) is 0 Å². The Morgan fingerprint density at radius 3 is 2.68 bits per heavy atom. The van der Waals surface area contributed by atoms with Gasteiger partial charge >= 0.3 is 5.97 Å². The molecule has 0 saturated carbocycles. The van der Waals surface area contributed by atoms with E-state index in [4.69, 9.17) is 4.74 Å². The van der Waals surface area contributed by atoms with E-state index >= 15 is 0 Å². The van der Waals surface area contributed by atoms with Gasteiger partial charge in [0.15, 0.2) is 0 Å². The quantitative estimate of drug-likeness (QED) is 0.750. The van der Waals surface area contributed by atoms with Crippen LogP contribution < -0.4 is 5.32 Å². The number of methoxy groups -OCH3 is 1. The molecule has 1 N–H and O–H groups in total. The molecule has 0 radical (unpaired) electrons. The Labute approximate surface area is 117 Å². The second-order valence-corrected chi connectivity index (χ2v) is 6.20. The average Bonchev–Trinajstić information content (AvgIpc) is 2.38. The van der Waals surface area contributed by atoms with Crippen molar-refractivity contribution in [1.29, 1.82) is 0 Å². The van der Waals surface area contributed by atoms with Crippen LogP contribution >= 0.6 is 0 Å². The van der Waals surface area contributed by atoms with Crippen LogP contribution in [0.3, 0.4) is 0 Å². The second kappa shape index (κ2) is 7.25. The zero-order chi connectivity index (χ0) is 14.5. The summed E-state index contributed by atoms with van der Waals surface area (Å²) < 4.78 is 4.98. The second-order valence-electron chi connectivity index (χ2n) is 6.20. The summed E-state index contributed by atoms with van der Waals surface area (Å²) >= 11 is 0. The Hall–Kier alpha value is -0.610. The predicted molar refractivity (Wildman–Crippen MR) is 78.1 cm³/mol. The van der Waals surface area contributed by atoms with Crippen molar-refractivity contribution in [2.75, 3.05) is 26.7 Å². The van der Waals surface area contributed by atoms with Crippen LogP contribution in [0, 0.1) is 5.92 Å². The molecule has 0 aromatic heterocycles. The SMILES string of the molecule is CCCNC(C)(CN1CCC(C)CC1C)C(=O)OC. The minimum absolute atomic E-state index is 0.160. The summed E-state index contributed by atoms with van der Waals surface area (Å²) in [5, 5.41) is 3.36. The molecule has 1 saturated heterocycles. The molecule has 1 aliphatic rings. The number of rotatable bonds is 6. The van der Waals surface area contributed by atoms with Gasteiger partial charge in [0, 0.05) is 12.6 Å². The molecule has 0 bridgehead atoms. The van der Waals surface area contributed by atoms with Gasteiger partial charge in [-0.05, 0) is 52.1 Å². The summed E-state index contributed by atoms with van der Waals surface area (Å²) in [6.45, 7) is 11.3. The standard InChI is InChI=1S/C15H30N2O2/c1-6-8-16-15(4,14(18)19-5)11-17-9-7-12(2)10-13(17)3/h12-13,16H,6-11H2,1-5H3. The third kappa shape index (κ3) is 4.46. The molecular formula is C15H30N2O2. The van der Waals surface area contributed by atoms with Crippen molar-refractivity contribution in [3.8, 4) is 0 Å². The molecule has 1 fully saturated rings. The molecule has 0 amide bonds. The number of carbonyl (C=O) groups is 1. The number of ether oxygens (including phenoxy) is 1. The molecule has 112 valence electrons. The summed E-state index contributed by atoms with van der Waals surface area (Å²) in [7, 11) is 1.47. The smallest absolute Gasteiger partial charge is 0.327 e. The van der Waals surface area contributed by atoms with Gasteiger partial charge in [-0.15, -0.1) is 0 Å². The van der Waals surface area contributed by atoms with Crippen molar-refractivity contribution in [2.45, 2.75) is 58.5 Å². The Morgan fingerprint density at radius 2 is 2.16 bits per heavy atom. The van der Waals surface area contributed by atoms with Crippen LogP contribution in [-0.4, -0.2) is 49.2 Å². The van der Waals surface area contributed by atoms with Crippen LogP contribution in [0.5, 0.6) is 0 Å². The molecule has 0 spiro atoms. The predicted octanol–water partition coefficient (Wildman–Crippen LogP) is 2.04. The molecular weight excluding hydrogens is 240 g/mol. The van der Waals surface area contributed by atoms with Crippen LogP contribution in [0.1, 0.15) is 47.0 Å². The van der Waals surface area contributed by atoms with Gasteiger partial charge in [0.1, 0.15) is 5.54 Å². The van der Waals surface area contributed by atoms with E-state index in [0.717, 1.165) is 32.0 Å². The first kappa shape index (κ1) is 16.4. The lowest BCUT2D eigenvalue weighted by Gasteiger charge is -2.41. The first-order chi connectivity index (χ1) is 8.92. The van der Waals surface area contributed by atoms with Gasteiger partial charge in [0.05, 0.1) is 7.11 Å². The maximum atomic E-state index is 12.1. The fourth-order valence-electron chi connectivity index (χ4n) is 2.92. The molecule has 0 aromatic carbocycles. The number of hydrogen-bond acceptors (Lipinski definition) is 4. The van der Waals surface area contributed by atoms with Crippen molar-refractivity contribution in [2.24, 2.45) is 5.92 Å². The third-order valence-electron chi connectivity index (χ3n) is 4.20. The molecule has 0 aliphatic carbocycles. The van der Waals surface area contributed by atoms with E-state index in [1.54, 1.807) is 0 Å². The maximum absolute atomic E-state index is 12.1. The maximum Gasteiger partial charge on any atom is 0.327 e. The molecule has 4 heteroatoms. The minimum atomic E-state index is -0.598. The van der Waals surface area contributed by atoms with E-state index in [1.807, 2.05) is 6.92 Å². The van der Waals surface area contributed by atoms with Crippen LogP contribution in [-0.2, 0) is 9.53 Å². The average molecular weight is 270 g/mol. The number of nitrogens with one attached hydrogen (secondary N) is 1. The summed E-state index contributed by atoms with van der Waals surface area (Å²) in [5.74, 6) is 0.631. The van der Waals surface area contributed by atoms with Crippen molar-refractivity contribution in [1.82, 2.24) is 10.2 Å². The Bertz CT molecular complexity index is 296. The molecule has 1 aliphatic heterocycles. The van der Waals surface area contributed by atoms with E-state index < -0.39 is 5.54 Å². The normalized spacial score (nSPS) is 27.8. The highest BCUT2D eigenvalue weighted by molar-refractivity contribution is 5.80. The lowest BCUT2D eigenvalue weighted by Crippen LogP contribution is -2.59. The number of esters is 1. The van der Waals surface area contributed by atoms with Crippen molar-refractivity contribution >= 4 is 5.97 Å². The van der Waals surface area contributed by atoms with Crippen LogP contribution in [0.25, 0.3) is 0 Å². The highest BCUT2D eigenvalue weighted by atomic mass is 16.5. The minimum Gasteiger partial charge on any atom is -0.468 e.